The molecule has 0 saturated carbocycles. The van der Waals surface area contributed by atoms with E-state index < -0.39 is 14.3 Å². The second kappa shape index (κ2) is 10.8. The van der Waals surface area contributed by atoms with Gasteiger partial charge < -0.3 is 9.53 Å². The second-order valence-electron chi connectivity index (χ2n) is 7.45. The van der Waals surface area contributed by atoms with Crippen LogP contribution >= 0.6 is 0 Å². The van der Waals surface area contributed by atoms with E-state index in [-0.39, 0.29) is 12.4 Å². The minimum absolute atomic E-state index is 0.0432. The first-order valence-electron chi connectivity index (χ1n) is 9.08. The van der Waals surface area contributed by atoms with Crippen LogP contribution in [0.1, 0.15) is 86.5 Å². The molecular formula is C18H36O4Si. The van der Waals surface area contributed by atoms with Crippen LogP contribution in [0.2, 0.25) is 16.6 Å². The molecule has 0 aromatic carbocycles. The maximum atomic E-state index is 12.3. The fourth-order valence-electron chi connectivity index (χ4n) is 3.68. The van der Waals surface area contributed by atoms with Gasteiger partial charge in [0.1, 0.15) is 0 Å². The van der Waals surface area contributed by atoms with Gasteiger partial charge in [-0.15, -0.1) is 0 Å². The molecule has 0 aliphatic rings. The molecule has 0 fully saturated rings. The minimum Gasteiger partial charge on any atom is -0.518 e. The predicted octanol–water partition coefficient (Wildman–Crippen LogP) is 5.52. The molecule has 0 heterocycles. The Labute approximate surface area is 143 Å². The van der Waals surface area contributed by atoms with Crippen LogP contribution in [-0.4, -0.2) is 25.4 Å². The monoisotopic (exact) mass is 344 g/mol. The molecule has 0 atom stereocenters. The normalized spacial score (nSPS) is 12.2. The zero-order valence-electron chi connectivity index (χ0n) is 15.9. The molecule has 4 nitrogen and oxygen atoms in total. The highest BCUT2D eigenvalue weighted by Gasteiger charge is 2.47. The second-order valence-corrected chi connectivity index (χ2v) is 12.8. The summed E-state index contributed by atoms with van der Waals surface area (Å²) < 4.78 is 6.10. The number of carbonyl (C=O) groups is 2. The lowest BCUT2D eigenvalue weighted by Crippen LogP contribution is -2.49. The van der Waals surface area contributed by atoms with Crippen molar-refractivity contribution < 1.29 is 19.1 Å². The number of carbonyl (C=O) groups excluding carboxylic acids is 1. The third-order valence-electron chi connectivity index (χ3n) is 4.77. The Morgan fingerprint density at radius 3 is 1.57 bits per heavy atom. The minimum atomic E-state index is -2.10. The molecule has 136 valence electrons. The van der Waals surface area contributed by atoms with E-state index >= 15 is 0 Å². The molecule has 0 rings (SSSR count). The highest BCUT2D eigenvalue weighted by atomic mass is 28.4. The molecule has 0 aromatic rings. The van der Waals surface area contributed by atoms with Crippen molar-refractivity contribution in [3.8, 4) is 0 Å². The summed E-state index contributed by atoms with van der Waals surface area (Å²) in [6, 6.07) is 0. The van der Waals surface area contributed by atoms with Crippen LogP contribution in [0.4, 0.5) is 0 Å². The molecule has 23 heavy (non-hydrogen) atoms. The Bertz CT molecular complexity index is 342. The third-order valence-corrected chi connectivity index (χ3v) is 10.8. The highest BCUT2D eigenvalue weighted by Crippen LogP contribution is 2.42. The maximum absolute atomic E-state index is 12.3. The van der Waals surface area contributed by atoms with E-state index in [1.54, 1.807) is 0 Å². The number of carboxylic acid groups (broad SMARTS) is 1. The van der Waals surface area contributed by atoms with Gasteiger partial charge in [0.2, 0.25) is 0 Å². The quantitative estimate of drug-likeness (QED) is 0.374. The van der Waals surface area contributed by atoms with E-state index in [1.165, 1.54) is 0 Å². The van der Waals surface area contributed by atoms with Crippen molar-refractivity contribution in [3.63, 3.8) is 0 Å². The van der Waals surface area contributed by atoms with Crippen molar-refractivity contribution in [1.82, 2.24) is 0 Å². The lowest BCUT2D eigenvalue weighted by atomic mass is 10.1. The maximum Gasteiger partial charge on any atom is 0.303 e. The van der Waals surface area contributed by atoms with Crippen LogP contribution < -0.4 is 0 Å². The lowest BCUT2D eigenvalue weighted by molar-refractivity contribution is -0.137. The number of aliphatic carboxylic acids is 1. The molecular weight excluding hydrogens is 308 g/mol. The Morgan fingerprint density at radius 1 is 0.783 bits per heavy atom. The van der Waals surface area contributed by atoms with Crippen molar-refractivity contribution in [2.45, 2.75) is 103 Å². The van der Waals surface area contributed by atoms with Gasteiger partial charge in [-0.1, -0.05) is 60.8 Å². The average Bonchev–Trinajstić information content (AvgIpc) is 2.42. The first-order chi connectivity index (χ1) is 10.6. The number of hydrogen-bond donors (Lipinski definition) is 1. The SMILES string of the molecule is CC(C)[Si](OC(=O)CCCCCCCC(=O)O)(C(C)C)C(C)C. The smallest absolute Gasteiger partial charge is 0.303 e. The standard InChI is InChI=1S/C18H36O4Si/c1-14(2)23(15(3)4,16(5)6)22-18(21)13-11-9-7-8-10-12-17(19)20/h14-16H,7-13H2,1-6H3,(H,19,20). The molecule has 0 unspecified atom stereocenters. The van der Waals surface area contributed by atoms with E-state index in [0.29, 0.717) is 23.0 Å². The van der Waals surface area contributed by atoms with Crippen LogP contribution in [0.3, 0.4) is 0 Å². The summed E-state index contributed by atoms with van der Waals surface area (Å²) in [5, 5.41) is 8.57. The molecule has 0 aromatic heterocycles. The van der Waals surface area contributed by atoms with Crippen molar-refractivity contribution in [2.24, 2.45) is 0 Å². The molecule has 0 amide bonds. The number of hydrogen-bond acceptors (Lipinski definition) is 3. The zero-order chi connectivity index (χ0) is 18.0. The molecule has 0 aliphatic heterocycles. The van der Waals surface area contributed by atoms with Crippen LogP contribution in [0, 0.1) is 0 Å². The summed E-state index contributed by atoms with van der Waals surface area (Å²) in [6.07, 6.45) is 5.17. The van der Waals surface area contributed by atoms with Gasteiger partial charge in [0, 0.05) is 12.8 Å². The van der Waals surface area contributed by atoms with Gasteiger partial charge in [0.25, 0.3) is 14.3 Å². The molecule has 0 radical (unpaired) electrons. The molecule has 0 aliphatic carbocycles. The van der Waals surface area contributed by atoms with Crippen molar-refractivity contribution >= 4 is 20.3 Å². The van der Waals surface area contributed by atoms with Crippen LogP contribution in [0.5, 0.6) is 0 Å². The van der Waals surface area contributed by atoms with E-state index in [4.69, 9.17) is 9.53 Å². The summed E-state index contributed by atoms with van der Waals surface area (Å²) in [5.74, 6) is -0.774. The molecule has 5 heteroatoms. The summed E-state index contributed by atoms with van der Waals surface area (Å²) in [4.78, 5) is 22.7. The van der Waals surface area contributed by atoms with Crippen molar-refractivity contribution in [1.29, 1.82) is 0 Å². The first-order valence-corrected chi connectivity index (χ1v) is 11.2. The topological polar surface area (TPSA) is 63.6 Å². The summed E-state index contributed by atoms with van der Waals surface area (Å²) in [6.45, 7) is 13.1. The van der Waals surface area contributed by atoms with Gasteiger partial charge in [0.15, 0.2) is 0 Å². The van der Waals surface area contributed by atoms with Crippen LogP contribution in [0.25, 0.3) is 0 Å². The van der Waals surface area contributed by atoms with E-state index in [0.717, 1.165) is 32.1 Å². The summed E-state index contributed by atoms with van der Waals surface area (Å²) in [5.41, 5.74) is 1.26. The van der Waals surface area contributed by atoms with Gasteiger partial charge in [0.05, 0.1) is 0 Å². The van der Waals surface area contributed by atoms with E-state index in [9.17, 15) is 9.59 Å². The summed E-state index contributed by atoms with van der Waals surface area (Å²) in [7, 11) is -2.10. The fraction of sp³-hybridized carbons (Fsp3) is 0.889. The molecule has 1 N–H and O–H groups in total. The van der Waals surface area contributed by atoms with Gasteiger partial charge in [-0.05, 0) is 29.5 Å². The number of carboxylic acids is 1. The van der Waals surface area contributed by atoms with Gasteiger partial charge >= 0.3 is 5.97 Å². The van der Waals surface area contributed by atoms with E-state index in [2.05, 4.69) is 41.5 Å². The molecule has 0 bridgehead atoms. The zero-order valence-corrected chi connectivity index (χ0v) is 16.9. The Morgan fingerprint density at radius 2 is 1.17 bits per heavy atom. The predicted molar refractivity (Wildman–Crippen MR) is 97.1 cm³/mol. The number of unbranched alkanes of at least 4 members (excludes halogenated alkanes) is 4. The summed E-state index contributed by atoms with van der Waals surface area (Å²) >= 11 is 0. The van der Waals surface area contributed by atoms with Crippen molar-refractivity contribution in [3.05, 3.63) is 0 Å². The van der Waals surface area contributed by atoms with Crippen LogP contribution in [-0.2, 0) is 14.0 Å². The van der Waals surface area contributed by atoms with Crippen LogP contribution in [0.15, 0.2) is 0 Å². The third kappa shape index (κ3) is 7.51. The number of rotatable bonds is 12. The van der Waals surface area contributed by atoms with Gasteiger partial charge in [-0.25, -0.2) is 0 Å². The van der Waals surface area contributed by atoms with Crippen molar-refractivity contribution in [2.75, 3.05) is 0 Å². The Balaban J connectivity index is 4.23. The Kier molecular flexibility index (Phi) is 10.4. The average molecular weight is 345 g/mol. The lowest BCUT2D eigenvalue weighted by Gasteiger charge is -2.41. The highest BCUT2D eigenvalue weighted by molar-refractivity contribution is 6.78. The largest absolute Gasteiger partial charge is 0.518 e. The molecule has 0 saturated heterocycles. The molecule has 0 spiro atoms. The van der Waals surface area contributed by atoms with Gasteiger partial charge in [-0.3, -0.25) is 9.59 Å². The Hall–Kier alpha value is -0.843. The first kappa shape index (κ1) is 22.2. The van der Waals surface area contributed by atoms with Gasteiger partial charge in [-0.2, -0.15) is 0 Å². The van der Waals surface area contributed by atoms with E-state index in [1.807, 2.05) is 0 Å². The fourth-order valence-corrected chi connectivity index (χ4v) is 8.88.